The van der Waals surface area contributed by atoms with Crippen LogP contribution in [0.4, 0.5) is 33.7 Å². The maximum absolute atomic E-state index is 13.8. The maximum Gasteiger partial charge on any atom is 0.417 e. The number of amides is 2. The zero-order valence-electron chi connectivity index (χ0n) is 11.8. The molecule has 0 radical (unpaired) electrons. The molecule has 0 aromatic heterocycles. The van der Waals surface area contributed by atoms with E-state index in [1.54, 1.807) is 0 Å². The quantitative estimate of drug-likeness (QED) is 0.697. The second-order valence-corrected chi connectivity index (χ2v) is 5.12. The summed E-state index contributed by atoms with van der Waals surface area (Å²) in [6.45, 7) is 1.52. The number of hydrogen-bond donors (Lipinski definition) is 2. The lowest BCUT2D eigenvalue weighted by molar-refractivity contribution is -0.137. The molecule has 0 saturated carbocycles. The van der Waals surface area contributed by atoms with Gasteiger partial charge in [0.05, 0.1) is 16.3 Å². The van der Waals surface area contributed by atoms with Gasteiger partial charge in [-0.15, -0.1) is 0 Å². The summed E-state index contributed by atoms with van der Waals surface area (Å²) in [7, 11) is 0. The molecule has 0 aliphatic rings. The standard InChI is InChI=1S/C15H11ClF4N2O/c1-8-3-2-4-12(13(8)17)22-14(23)21-9-5-6-11(16)10(7-9)15(18,19)20/h2-7H,1H3,(H2,21,22,23). The Hall–Kier alpha value is -2.28. The zero-order chi connectivity index (χ0) is 17.2. The van der Waals surface area contributed by atoms with Crippen LogP contribution in [-0.4, -0.2) is 6.03 Å². The van der Waals surface area contributed by atoms with Crippen molar-refractivity contribution in [2.45, 2.75) is 13.1 Å². The molecule has 0 aliphatic carbocycles. The van der Waals surface area contributed by atoms with Crippen LogP contribution in [-0.2, 0) is 6.18 Å². The molecular formula is C15H11ClF4N2O. The first-order valence-electron chi connectivity index (χ1n) is 6.38. The molecule has 0 saturated heterocycles. The smallest absolute Gasteiger partial charge is 0.308 e. The van der Waals surface area contributed by atoms with Crippen molar-refractivity contribution in [2.24, 2.45) is 0 Å². The maximum atomic E-state index is 13.8. The molecule has 0 atom stereocenters. The van der Waals surface area contributed by atoms with Crippen LogP contribution < -0.4 is 10.6 Å². The lowest BCUT2D eigenvalue weighted by Gasteiger charge is -2.13. The van der Waals surface area contributed by atoms with Crippen LogP contribution in [0.25, 0.3) is 0 Å². The Bertz CT molecular complexity index is 747. The third-order valence-electron chi connectivity index (χ3n) is 2.97. The number of hydrogen-bond acceptors (Lipinski definition) is 1. The molecule has 0 fully saturated rings. The van der Waals surface area contributed by atoms with Gasteiger partial charge in [-0.25, -0.2) is 9.18 Å². The summed E-state index contributed by atoms with van der Waals surface area (Å²) >= 11 is 5.49. The van der Waals surface area contributed by atoms with Crippen LogP contribution in [0.15, 0.2) is 36.4 Å². The summed E-state index contributed by atoms with van der Waals surface area (Å²) < 4.78 is 52.0. The van der Waals surface area contributed by atoms with Crippen LogP contribution >= 0.6 is 11.6 Å². The molecule has 23 heavy (non-hydrogen) atoms. The van der Waals surface area contributed by atoms with Gasteiger partial charge in [0.15, 0.2) is 0 Å². The average Bonchev–Trinajstić information content (AvgIpc) is 2.45. The Morgan fingerprint density at radius 3 is 2.48 bits per heavy atom. The van der Waals surface area contributed by atoms with E-state index >= 15 is 0 Å². The van der Waals surface area contributed by atoms with Gasteiger partial charge in [-0.1, -0.05) is 23.7 Å². The van der Waals surface area contributed by atoms with E-state index in [0.717, 1.165) is 6.07 Å². The fourth-order valence-electron chi connectivity index (χ4n) is 1.85. The van der Waals surface area contributed by atoms with Crippen molar-refractivity contribution in [3.05, 3.63) is 58.4 Å². The van der Waals surface area contributed by atoms with E-state index in [4.69, 9.17) is 11.6 Å². The highest BCUT2D eigenvalue weighted by atomic mass is 35.5. The number of halogens is 5. The van der Waals surface area contributed by atoms with Gasteiger partial charge in [0.25, 0.3) is 0 Å². The normalized spacial score (nSPS) is 11.2. The lowest BCUT2D eigenvalue weighted by Crippen LogP contribution is -2.20. The Morgan fingerprint density at radius 2 is 1.83 bits per heavy atom. The number of aryl methyl sites for hydroxylation is 1. The Kier molecular flexibility index (Phi) is 4.79. The highest BCUT2D eigenvalue weighted by molar-refractivity contribution is 6.31. The van der Waals surface area contributed by atoms with Crippen LogP contribution in [0.5, 0.6) is 0 Å². The van der Waals surface area contributed by atoms with Crippen LogP contribution in [0.3, 0.4) is 0 Å². The van der Waals surface area contributed by atoms with E-state index in [1.165, 1.54) is 31.2 Å². The molecule has 0 spiro atoms. The van der Waals surface area contributed by atoms with Crippen molar-refractivity contribution >= 4 is 29.0 Å². The largest absolute Gasteiger partial charge is 0.417 e. The zero-order valence-corrected chi connectivity index (χ0v) is 12.5. The summed E-state index contributed by atoms with van der Waals surface area (Å²) in [6.07, 6.45) is -4.64. The third-order valence-corrected chi connectivity index (χ3v) is 3.30. The van der Waals surface area contributed by atoms with Gasteiger partial charge in [-0.3, -0.25) is 0 Å². The third kappa shape index (κ3) is 4.13. The van der Waals surface area contributed by atoms with Gasteiger partial charge in [-0.2, -0.15) is 13.2 Å². The molecule has 0 heterocycles. The van der Waals surface area contributed by atoms with Crippen molar-refractivity contribution in [1.82, 2.24) is 0 Å². The number of alkyl halides is 3. The number of carbonyl (C=O) groups is 1. The van der Waals surface area contributed by atoms with E-state index in [-0.39, 0.29) is 11.4 Å². The monoisotopic (exact) mass is 346 g/mol. The van der Waals surface area contributed by atoms with Crippen molar-refractivity contribution < 1.29 is 22.4 Å². The molecule has 2 aromatic carbocycles. The summed E-state index contributed by atoms with van der Waals surface area (Å²) in [4.78, 5) is 11.8. The van der Waals surface area contributed by atoms with Gasteiger partial charge in [0.2, 0.25) is 0 Å². The number of benzene rings is 2. The highest BCUT2D eigenvalue weighted by Gasteiger charge is 2.33. The molecular weight excluding hydrogens is 336 g/mol. The fraction of sp³-hybridized carbons (Fsp3) is 0.133. The van der Waals surface area contributed by atoms with Crippen LogP contribution in [0.2, 0.25) is 5.02 Å². The number of urea groups is 1. The minimum atomic E-state index is -4.64. The van der Waals surface area contributed by atoms with Crippen LogP contribution in [0.1, 0.15) is 11.1 Å². The lowest BCUT2D eigenvalue weighted by atomic mass is 10.2. The van der Waals surface area contributed by atoms with E-state index in [1.807, 2.05) is 0 Å². The molecule has 122 valence electrons. The molecule has 2 aromatic rings. The van der Waals surface area contributed by atoms with E-state index in [0.29, 0.717) is 11.6 Å². The van der Waals surface area contributed by atoms with Gasteiger partial charge in [0, 0.05) is 5.69 Å². The average molecular weight is 347 g/mol. The Balaban J connectivity index is 2.16. The minimum Gasteiger partial charge on any atom is -0.308 e. The molecule has 0 unspecified atom stereocenters. The van der Waals surface area contributed by atoms with Crippen molar-refractivity contribution in [2.75, 3.05) is 10.6 Å². The van der Waals surface area contributed by atoms with Crippen LogP contribution in [0, 0.1) is 12.7 Å². The molecule has 2 N–H and O–H groups in total. The molecule has 0 bridgehead atoms. The Labute approximate surface area is 134 Å². The van der Waals surface area contributed by atoms with E-state index in [9.17, 15) is 22.4 Å². The SMILES string of the molecule is Cc1cccc(NC(=O)Nc2ccc(Cl)c(C(F)(F)F)c2)c1F. The highest BCUT2D eigenvalue weighted by Crippen LogP contribution is 2.36. The number of anilines is 2. The summed E-state index contributed by atoms with van der Waals surface area (Å²) in [5.41, 5.74) is -0.938. The molecule has 3 nitrogen and oxygen atoms in total. The summed E-state index contributed by atoms with van der Waals surface area (Å²) in [6, 6.07) is 6.46. The molecule has 2 amide bonds. The van der Waals surface area contributed by atoms with Gasteiger partial charge < -0.3 is 10.6 Å². The first-order chi connectivity index (χ1) is 10.7. The number of rotatable bonds is 2. The van der Waals surface area contributed by atoms with E-state index in [2.05, 4.69) is 10.6 Å². The first kappa shape index (κ1) is 17.1. The summed E-state index contributed by atoms with van der Waals surface area (Å²) in [5, 5.41) is 3.96. The Morgan fingerprint density at radius 1 is 1.13 bits per heavy atom. The number of carbonyl (C=O) groups excluding carboxylic acids is 1. The van der Waals surface area contributed by atoms with Crippen molar-refractivity contribution in [3.8, 4) is 0 Å². The van der Waals surface area contributed by atoms with Gasteiger partial charge in [0.1, 0.15) is 5.82 Å². The molecule has 8 heteroatoms. The molecule has 2 rings (SSSR count). The predicted molar refractivity (Wildman–Crippen MR) is 80.2 cm³/mol. The van der Waals surface area contributed by atoms with Gasteiger partial charge >= 0.3 is 12.2 Å². The van der Waals surface area contributed by atoms with Gasteiger partial charge in [-0.05, 0) is 36.8 Å². The minimum absolute atomic E-state index is 0.0764. The molecule has 0 aliphatic heterocycles. The van der Waals surface area contributed by atoms with Crippen molar-refractivity contribution in [1.29, 1.82) is 0 Å². The topological polar surface area (TPSA) is 41.1 Å². The fourth-order valence-corrected chi connectivity index (χ4v) is 2.07. The van der Waals surface area contributed by atoms with Crippen molar-refractivity contribution in [3.63, 3.8) is 0 Å². The summed E-state index contributed by atoms with van der Waals surface area (Å²) in [5.74, 6) is -0.616. The second-order valence-electron chi connectivity index (χ2n) is 4.71. The second kappa shape index (κ2) is 6.45. The predicted octanol–water partition coefficient (Wildman–Crippen LogP) is 5.45. The first-order valence-corrected chi connectivity index (χ1v) is 6.76. The number of nitrogens with one attached hydrogen (secondary N) is 2. The van der Waals surface area contributed by atoms with E-state index < -0.39 is 28.6 Å².